The van der Waals surface area contributed by atoms with Crippen molar-refractivity contribution in [3.05, 3.63) is 94.0 Å². The highest BCUT2D eigenvalue weighted by atomic mass is 35.5. The number of ether oxygens (including phenoxy) is 2. The lowest BCUT2D eigenvalue weighted by Gasteiger charge is -2.14. The standard InChI is InChI=1S/C26H27ClO3/c27-23-11-8-19(9-12-23)10-13-24-15-22-17-25(29-18-20-5-2-1-3-6-20)21(7-4-14-28)16-26(22)30-24/h1-3,5-6,8-9,11-12,16-17,24,28H,4,7,10,13-15,18H2. The summed E-state index contributed by atoms with van der Waals surface area (Å²) in [6, 6.07) is 22.4. The van der Waals surface area contributed by atoms with Crippen LogP contribution in [0.4, 0.5) is 0 Å². The molecule has 1 atom stereocenters. The molecule has 0 bridgehead atoms. The fourth-order valence-corrected chi connectivity index (χ4v) is 3.98. The molecule has 0 fully saturated rings. The molecule has 4 heteroatoms. The molecule has 0 saturated carbocycles. The van der Waals surface area contributed by atoms with Crippen LogP contribution in [0.25, 0.3) is 0 Å². The Labute approximate surface area is 183 Å². The van der Waals surface area contributed by atoms with Crippen LogP contribution in [0.15, 0.2) is 66.7 Å². The molecule has 3 aromatic carbocycles. The van der Waals surface area contributed by atoms with E-state index in [4.69, 9.17) is 21.1 Å². The second-order valence-electron chi connectivity index (χ2n) is 7.78. The molecule has 4 rings (SSSR count). The van der Waals surface area contributed by atoms with Crippen molar-refractivity contribution >= 4 is 11.6 Å². The Hall–Kier alpha value is -2.49. The topological polar surface area (TPSA) is 38.7 Å². The van der Waals surface area contributed by atoms with E-state index in [1.807, 2.05) is 30.3 Å². The minimum absolute atomic E-state index is 0.166. The van der Waals surface area contributed by atoms with Crippen molar-refractivity contribution in [1.29, 1.82) is 0 Å². The zero-order valence-electron chi connectivity index (χ0n) is 17.0. The van der Waals surface area contributed by atoms with Gasteiger partial charge in [-0.25, -0.2) is 0 Å². The first-order valence-corrected chi connectivity index (χ1v) is 10.9. The van der Waals surface area contributed by atoms with E-state index in [-0.39, 0.29) is 12.7 Å². The molecule has 0 aromatic heterocycles. The number of halogens is 1. The molecule has 0 spiro atoms. The van der Waals surface area contributed by atoms with E-state index in [1.165, 1.54) is 11.1 Å². The summed E-state index contributed by atoms with van der Waals surface area (Å²) < 4.78 is 12.4. The van der Waals surface area contributed by atoms with Gasteiger partial charge in [0.1, 0.15) is 24.2 Å². The Balaban J connectivity index is 1.43. The molecule has 3 aromatic rings. The quantitative estimate of drug-likeness (QED) is 0.475. The van der Waals surface area contributed by atoms with E-state index >= 15 is 0 Å². The van der Waals surface area contributed by atoms with Crippen molar-refractivity contribution in [2.75, 3.05) is 6.61 Å². The summed E-state index contributed by atoms with van der Waals surface area (Å²) in [5, 5.41) is 10.0. The molecule has 0 amide bonds. The van der Waals surface area contributed by atoms with Crippen LogP contribution < -0.4 is 9.47 Å². The Bertz CT molecular complexity index is 954. The van der Waals surface area contributed by atoms with Crippen LogP contribution in [0.1, 0.15) is 35.1 Å². The van der Waals surface area contributed by atoms with Crippen molar-refractivity contribution in [3.63, 3.8) is 0 Å². The van der Waals surface area contributed by atoms with Crippen LogP contribution in [-0.2, 0) is 25.9 Å². The first kappa shape index (κ1) is 20.8. The molecule has 156 valence electrons. The Morgan fingerprint density at radius 3 is 2.53 bits per heavy atom. The largest absolute Gasteiger partial charge is 0.490 e. The normalized spacial score (nSPS) is 14.9. The number of hydrogen-bond donors (Lipinski definition) is 1. The van der Waals surface area contributed by atoms with Crippen molar-refractivity contribution in [2.45, 2.75) is 44.8 Å². The van der Waals surface area contributed by atoms with Gasteiger partial charge >= 0.3 is 0 Å². The minimum atomic E-state index is 0.166. The monoisotopic (exact) mass is 422 g/mol. The van der Waals surface area contributed by atoms with E-state index in [1.54, 1.807) is 0 Å². The summed E-state index contributed by atoms with van der Waals surface area (Å²) in [4.78, 5) is 0. The number of aryl methyl sites for hydroxylation is 2. The fourth-order valence-electron chi connectivity index (χ4n) is 3.85. The second kappa shape index (κ2) is 10.0. The third-order valence-electron chi connectivity index (χ3n) is 5.49. The highest BCUT2D eigenvalue weighted by Gasteiger charge is 2.25. The zero-order chi connectivity index (χ0) is 20.8. The molecular formula is C26H27ClO3. The lowest BCUT2D eigenvalue weighted by atomic mass is 10.0. The molecular weight excluding hydrogens is 396 g/mol. The molecule has 3 nitrogen and oxygen atoms in total. The van der Waals surface area contributed by atoms with Crippen LogP contribution in [0.3, 0.4) is 0 Å². The first-order valence-electron chi connectivity index (χ1n) is 10.6. The summed E-state index contributed by atoms with van der Waals surface area (Å²) >= 11 is 5.98. The van der Waals surface area contributed by atoms with E-state index in [0.29, 0.717) is 13.0 Å². The average Bonchev–Trinajstić information content (AvgIpc) is 3.18. The number of hydrogen-bond acceptors (Lipinski definition) is 3. The minimum Gasteiger partial charge on any atom is -0.490 e. The molecule has 1 N–H and O–H groups in total. The first-order chi connectivity index (χ1) is 14.7. The highest BCUT2D eigenvalue weighted by molar-refractivity contribution is 6.30. The summed E-state index contributed by atoms with van der Waals surface area (Å²) in [7, 11) is 0. The molecule has 1 heterocycles. The van der Waals surface area contributed by atoms with Gasteiger partial charge in [-0.2, -0.15) is 0 Å². The van der Waals surface area contributed by atoms with Crippen molar-refractivity contribution in [2.24, 2.45) is 0 Å². The maximum atomic E-state index is 9.28. The molecule has 0 aliphatic carbocycles. The van der Waals surface area contributed by atoms with Crippen LogP contribution in [0, 0.1) is 0 Å². The lowest BCUT2D eigenvalue weighted by molar-refractivity contribution is 0.221. The van der Waals surface area contributed by atoms with Gasteiger partial charge in [0.25, 0.3) is 0 Å². The Morgan fingerprint density at radius 2 is 1.77 bits per heavy atom. The van der Waals surface area contributed by atoms with E-state index in [0.717, 1.165) is 53.3 Å². The third-order valence-corrected chi connectivity index (χ3v) is 5.75. The van der Waals surface area contributed by atoms with Crippen molar-refractivity contribution in [1.82, 2.24) is 0 Å². The number of benzene rings is 3. The van der Waals surface area contributed by atoms with E-state index < -0.39 is 0 Å². The Kier molecular flexibility index (Phi) is 6.93. The number of fused-ring (bicyclic) bond motifs is 1. The fraction of sp³-hybridized carbons (Fsp3) is 0.308. The average molecular weight is 423 g/mol. The summed E-state index contributed by atoms with van der Waals surface area (Å²) in [5.74, 6) is 1.85. The smallest absolute Gasteiger partial charge is 0.123 e. The SMILES string of the molecule is OCCCc1cc2c(cc1OCc1ccccc1)CC(CCc1ccc(Cl)cc1)O2. The summed E-state index contributed by atoms with van der Waals surface area (Å²) in [5.41, 5.74) is 4.71. The van der Waals surface area contributed by atoms with Gasteiger partial charge in [0.2, 0.25) is 0 Å². The van der Waals surface area contributed by atoms with Crippen molar-refractivity contribution < 1.29 is 14.6 Å². The van der Waals surface area contributed by atoms with Crippen LogP contribution in [-0.4, -0.2) is 17.8 Å². The predicted molar refractivity (Wildman–Crippen MR) is 121 cm³/mol. The molecule has 1 aliphatic heterocycles. The van der Waals surface area contributed by atoms with Gasteiger partial charge in [-0.05, 0) is 66.6 Å². The Morgan fingerprint density at radius 1 is 0.967 bits per heavy atom. The van der Waals surface area contributed by atoms with E-state index in [2.05, 4.69) is 36.4 Å². The maximum absolute atomic E-state index is 9.28. The third kappa shape index (κ3) is 5.35. The molecule has 0 saturated heterocycles. The van der Waals surface area contributed by atoms with Crippen LogP contribution in [0.2, 0.25) is 5.02 Å². The zero-order valence-corrected chi connectivity index (χ0v) is 17.8. The van der Waals surface area contributed by atoms with Gasteiger partial charge in [0.15, 0.2) is 0 Å². The van der Waals surface area contributed by atoms with Crippen LogP contribution >= 0.6 is 11.6 Å². The van der Waals surface area contributed by atoms with Gasteiger partial charge in [0.05, 0.1) is 0 Å². The van der Waals surface area contributed by atoms with Crippen LogP contribution in [0.5, 0.6) is 11.5 Å². The number of aliphatic hydroxyl groups excluding tert-OH is 1. The molecule has 1 aliphatic rings. The number of aliphatic hydroxyl groups is 1. The predicted octanol–water partition coefficient (Wildman–Crippen LogP) is 5.78. The molecule has 1 unspecified atom stereocenters. The van der Waals surface area contributed by atoms with Gasteiger partial charge in [-0.3, -0.25) is 0 Å². The maximum Gasteiger partial charge on any atom is 0.123 e. The second-order valence-corrected chi connectivity index (χ2v) is 8.21. The van der Waals surface area contributed by atoms with Gasteiger partial charge < -0.3 is 14.6 Å². The number of rotatable bonds is 9. The molecule has 0 radical (unpaired) electrons. The molecule has 30 heavy (non-hydrogen) atoms. The van der Waals surface area contributed by atoms with Gasteiger partial charge in [-0.1, -0.05) is 54.1 Å². The summed E-state index contributed by atoms with van der Waals surface area (Å²) in [6.45, 7) is 0.701. The van der Waals surface area contributed by atoms with Crippen molar-refractivity contribution in [3.8, 4) is 11.5 Å². The van der Waals surface area contributed by atoms with E-state index in [9.17, 15) is 5.11 Å². The van der Waals surface area contributed by atoms with Gasteiger partial charge in [0, 0.05) is 23.6 Å². The summed E-state index contributed by atoms with van der Waals surface area (Å²) in [6.07, 6.45) is 4.47. The highest BCUT2D eigenvalue weighted by Crippen LogP contribution is 2.37. The van der Waals surface area contributed by atoms with Gasteiger partial charge in [-0.15, -0.1) is 0 Å². The lowest BCUT2D eigenvalue weighted by Crippen LogP contribution is -2.13.